The molecule has 2 atom stereocenters. The Kier molecular flexibility index (Phi) is 5.58. The minimum Gasteiger partial charge on any atom is -0.381 e. The van der Waals surface area contributed by atoms with Crippen LogP contribution in [0.1, 0.15) is 64.2 Å². The highest BCUT2D eigenvalue weighted by Crippen LogP contribution is 2.40. The monoisotopic (exact) mass is 320 g/mol. The van der Waals surface area contributed by atoms with Crippen LogP contribution in [-0.2, 0) is 4.74 Å². The maximum Gasteiger partial charge on any atom is 0.0507 e. The van der Waals surface area contributed by atoms with Crippen LogP contribution in [-0.4, -0.2) is 49.8 Å². The first kappa shape index (κ1) is 16.4. The maximum absolute atomic E-state index is 5.53. The minimum absolute atomic E-state index is 0.790. The minimum atomic E-state index is 0.790. The Hall–Kier alpha value is -0.120. The summed E-state index contributed by atoms with van der Waals surface area (Å²) in [4.78, 5) is 2.70. The third kappa shape index (κ3) is 4.49. The second kappa shape index (κ2) is 7.84. The Morgan fingerprint density at radius 2 is 1.61 bits per heavy atom. The first-order valence-electron chi connectivity index (χ1n) is 10.4. The van der Waals surface area contributed by atoms with Gasteiger partial charge in [0.05, 0.1) is 6.61 Å². The zero-order valence-electron chi connectivity index (χ0n) is 14.8. The topological polar surface area (TPSA) is 24.5 Å². The normalized spacial score (nSPS) is 33.1. The summed E-state index contributed by atoms with van der Waals surface area (Å²) < 4.78 is 5.53. The molecule has 1 N–H and O–H groups in total. The molecule has 0 amide bonds. The quantitative estimate of drug-likeness (QED) is 0.811. The molecular weight excluding hydrogens is 284 g/mol. The molecule has 23 heavy (non-hydrogen) atoms. The molecule has 0 bridgehead atoms. The Balaban J connectivity index is 1.22. The van der Waals surface area contributed by atoms with E-state index < -0.39 is 0 Å². The lowest BCUT2D eigenvalue weighted by molar-refractivity contribution is 0.136. The fourth-order valence-electron chi connectivity index (χ4n) is 5.25. The van der Waals surface area contributed by atoms with E-state index in [1.165, 1.54) is 83.8 Å². The molecule has 0 unspecified atom stereocenters. The lowest BCUT2D eigenvalue weighted by atomic mass is 9.81. The van der Waals surface area contributed by atoms with Crippen molar-refractivity contribution in [2.45, 2.75) is 76.3 Å². The van der Waals surface area contributed by atoms with Gasteiger partial charge in [-0.1, -0.05) is 19.3 Å². The molecule has 2 heterocycles. The van der Waals surface area contributed by atoms with Crippen molar-refractivity contribution in [3.05, 3.63) is 0 Å². The van der Waals surface area contributed by atoms with Gasteiger partial charge in [-0.3, -0.25) is 0 Å². The van der Waals surface area contributed by atoms with Crippen molar-refractivity contribution in [1.29, 1.82) is 0 Å². The van der Waals surface area contributed by atoms with Gasteiger partial charge in [0.2, 0.25) is 0 Å². The number of nitrogens with zero attached hydrogens (tertiary/aromatic N) is 1. The summed E-state index contributed by atoms with van der Waals surface area (Å²) in [5, 5.41) is 4.15. The van der Waals surface area contributed by atoms with Gasteiger partial charge in [0.15, 0.2) is 0 Å². The van der Waals surface area contributed by atoms with Crippen molar-refractivity contribution >= 4 is 0 Å². The molecule has 4 fully saturated rings. The van der Waals surface area contributed by atoms with Crippen LogP contribution in [0.3, 0.4) is 0 Å². The Labute approximate surface area is 142 Å². The summed E-state index contributed by atoms with van der Waals surface area (Å²) in [5.74, 6) is 2.82. The molecule has 0 aromatic heterocycles. The van der Waals surface area contributed by atoms with Gasteiger partial charge in [-0.05, 0) is 75.8 Å². The zero-order chi connectivity index (χ0) is 15.5. The van der Waals surface area contributed by atoms with Gasteiger partial charge in [-0.25, -0.2) is 0 Å². The highest BCUT2D eigenvalue weighted by molar-refractivity contribution is 4.94. The lowest BCUT2D eigenvalue weighted by Gasteiger charge is -2.38. The lowest BCUT2D eigenvalue weighted by Crippen LogP contribution is -2.50. The molecule has 0 aromatic carbocycles. The maximum atomic E-state index is 5.53. The molecule has 0 spiro atoms. The summed E-state index contributed by atoms with van der Waals surface area (Å²) in [6.07, 6.45) is 14.4. The third-order valence-electron chi connectivity index (χ3n) is 6.84. The van der Waals surface area contributed by atoms with Crippen molar-refractivity contribution in [2.75, 3.05) is 32.8 Å². The zero-order valence-corrected chi connectivity index (χ0v) is 14.8. The fourth-order valence-corrected chi connectivity index (χ4v) is 5.25. The summed E-state index contributed by atoms with van der Waals surface area (Å²) in [5.41, 5.74) is 0. The number of piperidine rings is 1. The number of ether oxygens (including phenoxy) is 1. The van der Waals surface area contributed by atoms with E-state index in [-0.39, 0.29) is 0 Å². The second-order valence-corrected chi connectivity index (χ2v) is 8.73. The molecule has 3 heteroatoms. The van der Waals surface area contributed by atoms with Crippen LogP contribution < -0.4 is 5.32 Å². The number of hydrogen-bond acceptors (Lipinski definition) is 3. The fraction of sp³-hybridized carbons (Fsp3) is 1.00. The first-order valence-corrected chi connectivity index (χ1v) is 10.4. The molecule has 4 aliphatic rings. The summed E-state index contributed by atoms with van der Waals surface area (Å²) >= 11 is 0. The van der Waals surface area contributed by atoms with E-state index in [0.29, 0.717) is 0 Å². The van der Waals surface area contributed by atoms with Gasteiger partial charge in [0.1, 0.15) is 0 Å². The highest BCUT2D eigenvalue weighted by Gasteiger charge is 2.38. The summed E-state index contributed by atoms with van der Waals surface area (Å²) in [7, 11) is 0. The number of likely N-dealkylation sites (tertiary alicyclic amines) is 1. The van der Waals surface area contributed by atoms with Crippen molar-refractivity contribution in [3.63, 3.8) is 0 Å². The van der Waals surface area contributed by atoms with Crippen LogP contribution in [0.4, 0.5) is 0 Å². The predicted molar refractivity (Wildman–Crippen MR) is 94.6 cm³/mol. The third-order valence-corrected chi connectivity index (χ3v) is 6.84. The Morgan fingerprint density at radius 1 is 0.870 bits per heavy atom. The van der Waals surface area contributed by atoms with E-state index in [2.05, 4.69) is 10.2 Å². The highest BCUT2D eigenvalue weighted by atomic mass is 16.5. The molecule has 0 aromatic rings. The molecule has 2 saturated carbocycles. The number of nitrogens with one attached hydrogen (secondary N) is 1. The van der Waals surface area contributed by atoms with Crippen LogP contribution in [0.2, 0.25) is 0 Å². The van der Waals surface area contributed by atoms with Gasteiger partial charge in [0, 0.05) is 25.2 Å². The van der Waals surface area contributed by atoms with Gasteiger partial charge in [-0.15, -0.1) is 0 Å². The largest absolute Gasteiger partial charge is 0.381 e. The van der Waals surface area contributed by atoms with Gasteiger partial charge >= 0.3 is 0 Å². The molecule has 2 saturated heterocycles. The van der Waals surface area contributed by atoms with Crippen LogP contribution in [0.15, 0.2) is 0 Å². The van der Waals surface area contributed by atoms with Gasteiger partial charge in [-0.2, -0.15) is 0 Å². The van der Waals surface area contributed by atoms with Crippen molar-refractivity contribution < 1.29 is 4.74 Å². The van der Waals surface area contributed by atoms with Crippen molar-refractivity contribution in [2.24, 2.45) is 17.8 Å². The van der Waals surface area contributed by atoms with Crippen LogP contribution in [0.25, 0.3) is 0 Å². The second-order valence-electron chi connectivity index (χ2n) is 8.73. The average Bonchev–Trinajstić information content (AvgIpc) is 3.32. The SMILES string of the molecule is C1CCC([C@@H](NC2CCN(C[C@H]3CCOC3)CC2)C2CC2)CC1. The van der Waals surface area contributed by atoms with Gasteiger partial charge in [0.25, 0.3) is 0 Å². The smallest absolute Gasteiger partial charge is 0.0507 e. The van der Waals surface area contributed by atoms with E-state index in [4.69, 9.17) is 4.74 Å². The average molecular weight is 321 g/mol. The summed E-state index contributed by atoms with van der Waals surface area (Å²) in [6.45, 7) is 5.88. The number of rotatable bonds is 6. The molecule has 3 nitrogen and oxygen atoms in total. The Morgan fingerprint density at radius 3 is 2.26 bits per heavy atom. The number of hydrogen-bond donors (Lipinski definition) is 1. The predicted octanol–water partition coefficient (Wildman–Crippen LogP) is 3.44. The Bertz CT molecular complexity index is 351. The van der Waals surface area contributed by atoms with Crippen LogP contribution in [0.5, 0.6) is 0 Å². The molecule has 0 radical (unpaired) electrons. The van der Waals surface area contributed by atoms with Gasteiger partial charge < -0.3 is 15.0 Å². The van der Waals surface area contributed by atoms with E-state index in [0.717, 1.165) is 43.1 Å². The van der Waals surface area contributed by atoms with Crippen molar-refractivity contribution in [1.82, 2.24) is 10.2 Å². The standard InChI is InChI=1S/C20H36N2O/c1-2-4-17(5-3-1)20(18-6-7-18)21-19-8-11-22(12-9-19)14-16-10-13-23-15-16/h16-21H,1-15H2/t16-,20-/m1/s1. The molecule has 2 aliphatic heterocycles. The van der Waals surface area contributed by atoms with E-state index in [9.17, 15) is 0 Å². The molecule has 2 aliphatic carbocycles. The van der Waals surface area contributed by atoms with E-state index >= 15 is 0 Å². The molecule has 132 valence electrons. The van der Waals surface area contributed by atoms with Crippen molar-refractivity contribution in [3.8, 4) is 0 Å². The molecular formula is C20H36N2O. The van der Waals surface area contributed by atoms with E-state index in [1.54, 1.807) is 0 Å². The first-order chi connectivity index (χ1) is 11.4. The van der Waals surface area contributed by atoms with E-state index in [1.807, 2.05) is 0 Å². The van der Waals surface area contributed by atoms with Crippen LogP contribution >= 0.6 is 0 Å². The summed E-state index contributed by atoms with van der Waals surface area (Å²) in [6, 6.07) is 1.65. The van der Waals surface area contributed by atoms with Crippen LogP contribution in [0, 0.1) is 17.8 Å². The molecule has 4 rings (SSSR count).